The Hall–Kier alpha value is -1.40. The van der Waals surface area contributed by atoms with E-state index in [2.05, 4.69) is 0 Å². The molecule has 2 fully saturated rings. The third-order valence-electron chi connectivity index (χ3n) is 4.70. The van der Waals surface area contributed by atoms with Crippen LogP contribution in [0.5, 0.6) is 0 Å². The summed E-state index contributed by atoms with van der Waals surface area (Å²) < 4.78 is 43.0. The zero-order chi connectivity index (χ0) is 19.9. The van der Waals surface area contributed by atoms with Gasteiger partial charge in [-0.3, -0.25) is 4.79 Å². The molecular formula is C16H22F3LiN2O5. The summed E-state index contributed by atoms with van der Waals surface area (Å²) in [4.78, 5) is 38.4. The number of carbonyl (C=O) groups excluding carboxylic acids is 3. The first-order valence-corrected chi connectivity index (χ1v) is 8.32. The SMILES string of the molecule is CC(C)(C)OC(=O)N1CCC(C(=O)[O-])(C(=O)N2CC(C(F)(F)F)C2)CC1.[Li+]. The minimum absolute atomic E-state index is 0. The van der Waals surface area contributed by atoms with Gasteiger partial charge in [0.05, 0.1) is 17.3 Å². The van der Waals surface area contributed by atoms with Crippen LogP contribution in [0, 0.1) is 11.3 Å². The number of halogens is 3. The molecule has 11 heteroatoms. The fourth-order valence-electron chi connectivity index (χ4n) is 3.06. The second-order valence-electron chi connectivity index (χ2n) is 7.79. The maximum absolute atomic E-state index is 12.6. The number of amides is 2. The van der Waals surface area contributed by atoms with Crippen molar-refractivity contribution in [3.8, 4) is 0 Å². The normalized spacial score (nSPS) is 20.4. The number of carboxylic acids is 1. The third kappa shape index (κ3) is 5.11. The molecule has 0 bridgehead atoms. The quantitative estimate of drug-likeness (QED) is 0.396. The molecule has 148 valence electrons. The van der Waals surface area contributed by atoms with Gasteiger partial charge in [-0.1, -0.05) is 0 Å². The molecule has 0 unspecified atom stereocenters. The van der Waals surface area contributed by atoms with Crippen molar-refractivity contribution in [2.24, 2.45) is 11.3 Å². The summed E-state index contributed by atoms with van der Waals surface area (Å²) in [7, 11) is 0. The molecule has 2 rings (SSSR count). The Kier molecular flexibility index (Phi) is 6.93. The zero-order valence-electron chi connectivity index (χ0n) is 15.9. The van der Waals surface area contributed by atoms with Crippen LogP contribution in [0.15, 0.2) is 0 Å². The van der Waals surface area contributed by atoms with Crippen molar-refractivity contribution < 1.29 is 56.3 Å². The Labute approximate surface area is 167 Å². The Morgan fingerprint density at radius 2 is 1.52 bits per heavy atom. The van der Waals surface area contributed by atoms with E-state index in [1.54, 1.807) is 20.8 Å². The Bertz CT molecular complexity index is 592. The van der Waals surface area contributed by atoms with E-state index >= 15 is 0 Å². The summed E-state index contributed by atoms with van der Waals surface area (Å²) >= 11 is 0. The van der Waals surface area contributed by atoms with Gasteiger partial charge in [0, 0.05) is 26.2 Å². The van der Waals surface area contributed by atoms with Crippen LogP contribution < -0.4 is 24.0 Å². The molecule has 0 aromatic heterocycles. The van der Waals surface area contributed by atoms with Gasteiger partial charge in [-0.25, -0.2) is 4.79 Å². The Morgan fingerprint density at radius 1 is 1.04 bits per heavy atom. The average molecular weight is 386 g/mol. The largest absolute Gasteiger partial charge is 1.00 e. The van der Waals surface area contributed by atoms with Crippen molar-refractivity contribution >= 4 is 18.0 Å². The van der Waals surface area contributed by atoms with Crippen LogP contribution >= 0.6 is 0 Å². The van der Waals surface area contributed by atoms with E-state index in [1.165, 1.54) is 4.90 Å². The van der Waals surface area contributed by atoms with Gasteiger partial charge in [0.15, 0.2) is 0 Å². The van der Waals surface area contributed by atoms with Crippen LogP contribution in [-0.4, -0.2) is 65.7 Å². The van der Waals surface area contributed by atoms with Gasteiger partial charge in [0.2, 0.25) is 5.91 Å². The van der Waals surface area contributed by atoms with E-state index in [-0.39, 0.29) is 44.8 Å². The fourth-order valence-corrected chi connectivity index (χ4v) is 3.06. The molecule has 0 aliphatic carbocycles. The van der Waals surface area contributed by atoms with E-state index < -0.39 is 54.2 Å². The number of nitrogens with zero attached hydrogens (tertiary/aromatic N) is 2. The number of carboxylic acid groups (broad SMARTS) is 1. The second kappa shape index (κ2) is 7.92. The number of hydrogen-bond donors (Lipinski definition) is 0. The first-order chi connectivity index (χ1) is 11.8. The second-order valence-corrected chi connectivity index (χ2v) is 7.79. The van der Waals surface area contributed by atoms with E-state index in [9.17, 15) is 32.7 Å². The number of aliphatic carboxylic acids is 1. The molecule has 0 aromatic carbocycles. The zero-order valence-corrected chi connectivity index (χ0v) is 15.9. The Morgan fingerprint density at radius 3 is 1.89 bits per heavy atom. The van der Waals surface area contributed by atoms with Crippen LogP contribution in [-0.2, 0) is 14.3 Å². The van der Waals surface area contributed by atoms with Crippen LogP contribution in [0.1, 0.15) is 33.6 Å². The Balaban J connectivity index is 0.00000364. The molecule has 2 aliphatic heterocycles. The van der Waals surface area contributed by atoms with E-state index in [4.69, 9.17) is 4.74 Å². The van der Waals surface area contributed by atoms with Gasteiger partial charge in [-0.15, -0.1) is 0 Å². The first-order valence-electron chi connectivity index (χ1n) is 8.32. The maximum Gasteiger partial charge on any atom is 1.00 e. The van der Waals surface area contributed by atoms with Gasteiger partial charge < -0.3 is 24.4 Å². The van der Waals surface area contributed by atoms with Crippen LogP contribution in [0.4, 0.5) is 18.0 Å². The number of piperidine rings is 1. The molecule has 27 heavy (non-hydrogen) atoms. The number of rotatable bonds is 2. The summed E-state index contributed by atoms with van der Waals surface area (Å²) in [6.45, 7) is 3.86. The fraction of sp³-hybridized carbons (Fsp3) is 0.812. The predicted octanol–water partition coefficient (Wildman–Crippen LogP) is -2.22. The number of likely N-dealkylation sites (tertiary alicyclic amines) is 2. The van der Waals surface area contributed by atoms with Crippen molar-refractivity contribution in [1.82, 2.24) is 9.80 Å². The molecule has 0 N–H and O–H groups in total. The van der Waals surface area contributed by atoms with E-state index in [1.807, 2.05) is 0 Å². The van der Waals surface area contributed by atoms with Crippen molar-refractivity contribution in [1.29, 1.82) is 0 Å². The minimum Gasteiger partial charge on any atom is -0.549 e. The molecule has 0 saturated carbocycles. The molecule has 0 atom stereocenters. The number of carbonyl (C=O) groups is 3. The standard InChI is InChI=1S/C16H23F3N2O5.Li/c1-14(2,3)26-13(25)20-6-4-15(5-7-20,12(23)24)11(22)21-8-10(9-21)16(17,18)19;/h10H,4-9H2,1-3H3,(H,23,24);/q;+1/p-1. The van der Waals surface area contributed by atoms with Gasteiger partial charge in [-0.05, 0) is 33.6 Å². The third-order valence-corrected chi connectivity index (χ3v) is 4.70. The summed E-state index contributed by atoms with van der Waals surface area (Å²) in [5, 5.41) is 11.6. The van der Waals surface area contributed by atoms with Gasteiger partial charge in [-0.2, -0.15) is 13.2 Å². The molecule has 7 nitrogen and oxygen atoms in total. The van der Waals surface area contributed by atoms with Crippen LogP contribution in [0.25, 0.3) is 0 Å². The molecule has 2 heterocycles. The van der Waals surface area contributed by atoms with Crippen molar-refractivity contribution in [3.63, 3.8) is 0 Å². The molecule has 2 saturated heterocycles. The number of alkyl halides is 3. The number of hydrogen-bond acceptors (Lipinski definition) is 5. The molecule has 2 amide bonds. The van der Waals surface area contributed by atoms with Crippen LogP contribution in [0.2, 0.25) is 0 Å². The molecule has 0 aromatic rings. The monoisotopic (exact) mass is 386 g/mol. The molecular weight excluding hydrogens is 364 g/mol. The summed E-state index contributed by atoms with van der Waals surface area (Å²) in [5.74, 6) is -4.13. The topological polar surface area (TPSA) is 90.0 Å². The van der Waals surface area contributed by atoms with E-state index in [0.717, 1.165) is 4.90 Å². The average Bonchev–Trinajstić information content (AvgIpc) is 2.41. The summed E-state index contributed by atoms with van der Waals surface area (Å²) in [6.07, 6.45) is -5.48. The molecule has 0 radical (unpaired) electrons. The first kappa shape index (κ1) is 23.6. The summed E-state index contributed by atoms with van der Waals surface area (Å²) in [6, 6.07) is 0. The maximum atomic E-state index is 12.6. The number of ether oxygens (including phenoxy) is 1. The van der Waals surface area contributed by atoms with Crippen molar-refractivity contribution in [2.75, 3.05) is 26.2 Å². The van der Waals surface area contributed by atoms with Gasteiger partial charge in [0.1, 0.15) is 5.60 Å². The van der Waals surface area contributed by atoms with Crippen molar-refractivity contribution in [2.45, 2.75) is 45.4 Å². The van der Waals surface area contributed by atoms with E-state index in [0.29, 0.717) is 0 Å². The molecule has 2 aliphatic rings. The summed E-state index contributed by atoms with van der Waals surface area (Å²) in [5.41, 5.74) is -2.63. The molecule has 0 spiro atoms. The van der Waals surface area contributed by atoms with Gasteiger partial charge in [0.25, 0.3) is 0 Å². The van der Waals surface area contributed by atoms with Crippen molar-refractivity contribution in [3.05, 3.63) is 0 Å². The minimum atomic E-state index is -4.41. The van der Waals surface area contributed by atoms with Crippen LogP contribution in [0.3, 0.4) is 0 Å². The predicted molar refractivity (Wildman–Crippen MR) is 80.6 cm³/mol. The van der Waals surface area contributed by atoms with Gasteiger partial charge >= 0.3 is 31.1 Å². The smallest absolute Gasteiger partial charge is 0.549 e.